The number of nitrogens with two attached hydrogens (primary N) is 1. The minimum atomic E-state index is -0.313. The molecule has 0 saturated carbocycles. The third-order valence-electron chi connectivity index (χ3n) is 5.17. The van der Waals surface area contributed by atoms with Gasteiger partial charge in [0.25, 0.3) is 5.91 Å². The first kappa shape index (κ1) is 17.6. The molecule has 2 heterocycles. The lowest BCUT2D eigenvalue weighted by Crippen LogP contribution is -2.28. The van der Waals surface area contributed by atoms with Gasteiger partial charge in [-0.15, -0.1) is 0 Å². The number of aromatic nitrogens is 2. The van der Waals surface area contributed by atoms with Crippen molar-refractivity contribution in [3.63, 3.8) is 0 Å². The van der Waals surface area contributed by atoms with Crippen LogP contribution in [0.5, 0.6) is 5.75 Å². The number of carbonyl (C=O) groups is 1. The van der Waals surface area contributed by atoms with E-state index < -0.39 is 0 Å². The maximum atomic E-state index is 13.3. The predicted octanol–water partition coefficient (Wildman–Crippen LogP) is 2.80. The molecular weight excluding hydrogens is 354 g/mol. The van der Waals surface area contributed by atoms with Crippen molar-refractivity contribution in [1.82, 2.24) is 14.5 Å². The van der Waals surface area contributed by atoms with E-state index in [4.69, 9.17) is 5.73 Å². The number of benzene rings is 2. The number of hydrogen-bond acceptors (Lipinski definition) is 5. The molecule has 3 N–H and O–H groups in total. The summed E-state index contributed by atoms with van der Waals surface area (Å²) in [5.74, 6) is -0.0799. The van der Waals surface area contributed by atoms with Crippen LogP contribution in [-0.4, -0.2) is 25.5 Å². The fourth-order valence-electron chi connectivity index (χ4n) is 3.67. The Kier molecular flexibility index (Phi) is 4.04. The molecule has 1 aliphatic rings. The first-order valence-corrected chi connectivity index (χ1v) is 8.86. The molecule has 2 aromatic carbocycles. The lowest BCUT2D eigenvalue weighted by Gasteiger charge is -2.19. The average Bonchev–Trinajstić information content (AvgIpc) is 3.26. The van der Waals surface area contributed by atoms with Crippen molar-refractivity contribution in [2.24, 2.45) is 0 Å². The number of fused-ring (bicyclic) bond motifs is 1. The Morgan fingerprint density at radius 1 is 1.18 bits per heavy atom. The van der Waals surface area contributed by atoms with Crippen molar-refractivity contribution < 1.29 is 9.90 Å². The van der Waals surface area contributed by atoms with Gasteiger partial charge in [0.1, 0.15) is 17.6 Å². The third kappa shape index (κ3) is 2.58. The second kappa shape index (κ2) is 6.43. The van der Waals surface area contributed by atoms with Gasteiger partial charge in [0.05, 0.1) is 5.69 Å². The van der Waals surface area contributed by atoms with Crippen molar-refractivity contribution >= 4 is 11.7 Å². The van der Waals surface area contributed by atoms with Crippen molar-refractivity contribution in [3.05, 3.63) is 70.2 Å². The van der Waals surface area contributed by atoms with Crippen LogP contribution in [-0.2, 0) is 13.1 Å². The lowest BCUT2D eigenvalue weighted by molar-refractivity contribution is 0.0737. The molecule has 0 atom stereocenters. The number of nitriles is 1. The molecule has 1 aromatic heterocycles. The minimum Gasteiger partial charge on any atom is -0.508 e. The molecule has 140 valence electrons. The Hall–Kier alpha value is -3.79. The van der Waals surface area contributed by atoms with E-state index in [1.807, 2.05) is 37.3 Å². The number of phenolic OH excluding ortho intramolecular Hbond substituents is 1. The van der Waals surface area contributed by atoms with Crippen LogP contribution < -0.4 is 5.73 Å². The van der Waals surface area contributed by atoms with Gasteiger partial charge in [-0.05, 0) is 36.6 Å². The molecule has 7 heteroatoms. The Balaban J connectivity index is 1.85. The van der Waals surface area contributed by atoms with E-state index in [-0.39, 0.29) is 29.0 Å². The number of anilines is 1. The second-order valence-corrected chi connectivity index (χ2v) is 6.92. The number of phenols is 1. The van der Waals surface area contributed by atoms with Crippen LogP contribution in [0.15, 0.2) is 36.4 Å². The molecule has 0 aliphatic carbocycles. The number of hydrogen-bond donors (Lipinski definition) is 2. The summed E-state index contributed by atoms with van der Waals surface area (Å²) >= 11 is 0. The second-order valence-electron chi connectivity index (χ2n) is 6.92. The zero-order valence-electron chi connectivity index (χ0n) is 15.6. The van der Waals surface area contributed by atoms with E-state index in [1.54, 1.807) is 24.0 Å². The maximum Gasteiger partial charge on any atom is 0.290 e. The highest BCUT2D eigenvalue weighted by atomic mass is 16.3. The van der Waals surface area contributed by atoms with Crippen molar-refractivity contribution in [3.8, 4) is 17.5 Å². The van der Waals surface area contributed by atoms with E-state index in [1.165, 1.54) is 4.57 Å². The van der Waals surface area contributed by atoms with Gasteiger partial charge in [-0.2, -0.15) is 5.26 Å². The van der Waals surface area contributed by atoms with E-state index in [0.29, 0.717) is 24.3 Å². The summed E-state index contributed by atoms with van der Waals surface area (Å²) in [5.41, 5.74) is 10.3. The van der Waals surface area contributed by atoms with Crippen LogP contribution in [0.3, 0.4) is 0 Å². The van der Waals surface area contributed by atoms with Gasteiger partial charge in [0.2, 0.25) is 5.82 Å². The monoisotopic (exact) mass is 373 g/mol. The molecule has 0 saturated heterocycles. The van der Waals surface area contributed by atoms with E-state index in [2.05, 4.69) is 4.98 Å². The lowest BCUT2D eigenvalue weighted by atomic mass is 10.1. The van der Waals surface area contributed by atoms with E-state index in [0.717, 1.165) is 16.7 Å². The van der Waals surface area contributed by atoms with Gasteiger partial charge >= 0.3 is 0 Å². The number of nitrogens with zero attached hydrogens (tertiary/aromatic N) is 4. The smallest absolute Gasteiger partial charge is 0.290 e. The van der Waals surface area contributed by atoms with Gasteiger partial charge in [0, 0.05) is 18.7 Å². The molecule has 4 rings (SSSR count). The molecule has 0 fully saturated rings. The van der Waals surface area contributed by atoms with Crippen LogP contribution in [0.4, 0.5) is 5.82 Å². The van der Waals surface area contributed by atoms with Crippen molar-refractivity contribution in [2.45, 2.75) is 26.9 Å². The van der Waals surface area contributed by atoms with Crippen LogP contribution >= 0.6 is 0 Å². The van der Waals surface area contributed by atoms with Crippen LogP contribution in [0, 0.1) is 25.2 Å². The average molecular weight is 373 g/mol. The fourth-order valence-corrected chi connectivity index (χ4v) is 3.67. The summed E-state index contributed by atoms with van der Waals surface area (Å²) < 4.78 is 1.48. The van der Waals surface area contributed by atoms with Gasteiger partial charge in [-0.25, -0.2) is 4.98 Å². The topological polar surface area (TPSA) is 108 Å². The SMILES string of the molecule is Cc1ccc(O)c(C)c1-n1c(C(=O)N2Cc3ccccc3C2)nc(C#N)c1N. The van der Waals surface area contributed by atoms with Gasteiger partial charge in [-0.3, -0.25) is 9.36 Å². The Labute approximate surface area is 162 Å². The molecule has 0 spiro atoms. The zero-order valence-corrected chi connectivity index (χ0v) is 15.6. The predicted molar refractivity (Wildman–Crippen MR) is 104 cm³/mol. The van der Waals surface area contributed by atoms with Crippen molar-refractivity contribution in [2.75, 3.05) is 5.73 Å². The maximum absolute atomic E-state index is 13.3. The largest absolute Gasteiger partial charge is 0.508 e. The summed E-state index contributed by atoms with van der Waals surface area (Å²) in [4.78, 5) is 19.2. The van der Waals surface area contributed by atoms with Crippen LogP contribution in [0.25, 0.3) is 5.69 Å². The molecule has 1 aliphatic heterocycles. The zero-order chi connectivity index (χ0) is 20.0. The Morgan fingerprint density at radius 3 is 2.43 bits per heavy atom. The van der Waals surface area contributed by atoms with Crippen molar-refractivity contribution in [1.29, 1.82) is 5.26 Å². The standard InChI is InChI=1S/C21H19N5O2/c1-12-7-8-17(27)13(2)18(12)26-19(23)16(9-22)24-20(26)21(28)25-10-14-5-3-4-6-15(14)11-25/h3-8,27H,10-11,23H2,1-2H3. The summed E-state index contributed by atoms with van der Waals surface area (Å²) in [7, 11) is 0. The summed E-state index contributed by atoms with van der Waals surface area (Å²) in [6.07, 6.45) is 0. The van der Waals surface area contributed by atoms with Crippen LogP contribution in [0.1, 0.15) is 38.6 Å². The number of amides is 1. The quantitative estimate of drug-likeness (QED) is 0.718. The number of carbonyl (C=O) groups excluding carboxylic acids is 1. The van der Waals surface area contributed by atoms with Gasteiger partial charge in [-0.1, -0.05) is 30.3 Å². The van der Waals surface area contributed by atoms with Gasteiger partial charge < -0.3 is 15.7 Å². The van der Waals surface area contributed by atoms with Gasteiger partial charge in [0.15, 0.2) is 5.69 Å². The number of aryl methyl sites for hydroxylation is 1. The molecule has 0 radical (unpaired) electrons. The molecule has 7 nitrogen and oxygen atoms in total. The number of rotatable bonds is 2. The van der Waals surface area contributed by atoms with Crippen LogP contribution in [0.2, 0.25) is 0 Å². The highest BCUT2D eigenvalue weighted by Gasteiger charge is 2.30. The normalized spacial score (nSPS) is 12.7. The molecule has 0 unspecified atom stereocenters. The number of aromatic hydroxyl groups is 1. The first-order valence-electron chi connectivity index (χ1n) is 8.86. The highest BCUT2D eigenvalue weighted by molar-refractivity contribution is 5.93. The molecule has 3 aromatic rings. The Morgan fingerprint density at radius 2 is 1.82 bits per heavy atom. The molecule has 1 amide bonds. The summed E-state index contributed by atoms with van der Waals surface area (Å²) in [6, 6.07) is 13.2. The molecule has 0 bridgehead atoms. The molecular formula is C21H19N5O2. The highest BCUT2D eigenvalue weighted by Crippen LogP contribution is 2.32. The first-order chi connectivity index (χ1) is 13.4. The number of imidazole rings is 1. The van der Waals surface area contributed by atoms with E-state index in [9.17, 15) is 15.2 Å². The fraction of sp³-hybridized carbons (Fsp3) is 0.190. The van der Waals surface area contributed by atoms with E-state index >= 15 is 0 Å². The minimum absolute atomic E-state index is 0.0118. The molecule has 28 heavy (non-hydrogen) atoms. The summed E-state index contributed by atoms with van der Waals surface area (Å²) in [6.45, 7) is 4.54. The Bertz CT molecular complexity index is 1130. The number of nitrogen functional groups attached to an aromatic ring is 1. The third-order valence-corrected chi connectivity index (χ3v) is 5.17. The summed E-state index contributed by atoms with van der Waals surface area (Å²) in [5, 5.41) is 19.6.